The van der Waals surface area contributed by atoms with E-state index < -0.39 is 0 Å². The van der Waals surface area contributed by atoms with E-state index in [0.29, 0.717) is 0 Å². The largest absolute Gasteiger partial charge is 0.264 e. The van der Waals surface area contributed by atoms with Crippen LogP contribution in [0.3, 0.4) is 0 Å². The van der Waals surface area contributed by atoms with Gasteiger partial charge in [-0.1, -0.05) is 0 Å². The van der Waals surface area contributed by atoms with Crippen LogP contribution >= 0.6 is 0 Å². The van der Waals surface area contributed by atoms with Crippen LogP contribution in [-0.4, -0.2) is 4.98 Å². The number of pyridine rings is 2. The van der Waals surface area contributed by atoms with Gasteiger partial charge in [0.1, 0.15) is 7.05 Å². The molecule has 15 heavy (non-hydrogen) atoms. The summed E-state index contributed by atoms with van der Waals surface area (Å²) in [4.78, 5) is 4.17. The summed E-state index contributed by atoms with van der Waals surface area (Å²) in [5, 5.41) is 0. The Bertz CT molecular complexity index is 490. The minimum absolute atomic E-state index is 1.19. The summed E-state index contributed by atoms with van der Waals surface area (Å²) in [5.41, 5.74) is 4.92. The summed E-state index contributed by atoms with van der Waals surface area (Å²) >= 11 is 0. The molecule has 76 valence electrons. The quantitative estimate of drug-likeness (QED) is 0.643. The van der Waals surface area contributed by atoms with Crippen LogP contribution in [0.1, 0.15) is 11.1 Å². The molecule has 0 radical (unpaired) electrons. The molecule has 2 aromatic heterocycles. The topological polar surface area (TPSA) is 16.8 Å². The SMILES string of the molecule is Cc1ccc(-c2cnccc2C)[n+](C)c1. The van der Waals surface area contributed by atoms with Gasteiger partial charge in [-0.25, -0.2) is 4.57 Å². The lowest BCUT2D eigenvalue weighted by Gasteiger charge is -2.03. The Kier molecular flexibility index (Phi) is 2.50. The number of hydrogen-bond acceptors (Lipinski definition) is 1. The molecule has 0 fully saturated rings. The zero-order valence-electron chi connectivity index (χ0n) is 9.36. The molecule has 2 heterocycles. The van der Waals surface area contributed by atoms with Crippen LogP contribution in [0.4, 0.5) is 0 Å². The average molecular weight is 199 g/mol. The van der Waals surface area contributed by atoms with Crippen molar-refractivity contribution in [3.8, 4) is 11.3 Å². The fourth-order valence-electron chi connectivity index (χ4n) is 1.76. The molecule has 2 rings (SSSR count). The molecule has 2 heteroatoms. The van der Waals surface area contributed by atoms with E-state index in [0.717, 1.165) is 0 Å². The van der Waals surface area contributed by atoms with Gasteiger partial charge in [0.25, 0.3) is 0 Å². The van der Waals surface area contributed by atoms with Crippen molar-refractivity contribution in [2.75, 3.05) is 0 Å². The highest BCUT2D eigenvalue weighted by molar-refractivity contribution is 5.59. The molecule has 0 saturated heterocycles. The number of nitrogens with zero attached hydrogens (tertiary/aromatic N) is 2. The van der Waals surface area contributed by atoms with Crippen molar-refractivity contribution in [1.82, 2.24) is 4.98 Å². The Hall–Kier alpha value is -1.70. The third kappa shape index (κ3) is 1.89. The van der Waals surface area contributed by atoms with Gasteiger partial charge in [0.2, 0.25) is 5.69 Å². The molecule has 0 aliphatic heterocycles. The standard InChI is InChI=1S/C13H15N2/c1-10-4-5-13(15(3)9-10)12-8-14-7-6-11(12)2/h4-9H,1-3H3/q+1. The van der Waals surface area contributed by atoms with Gasteiger partial charge in [-0.2, -0.15) is 0 Å². The third-order valence-electron chi connectivity index (χ3n) is 2.60. The van der Waals surface area contributed by atoms with Gasteiger partial charge in [0, 0.05) is 24.0 Å². The minimum atomic E-state index is 1.19. The first-order valence-electron chi connectivity index (χ1n) is 5.06. The van der Waals surface area contributed by atoms with Crippen LogP contribution in [0.2, 0.25) is 0 Å². The number of rotatable bonds is 1. The molecular weight excluding hydrogens is 184 g/mol. The summed E-state index contributed by atoms with van der Waals surface area (Å²) in [7, 11) is 2.06. The maximum absolute atomic E-state index is 4.17. The Morgan fingerprint density at radius 1 is 1.13 bits per heavy atom. The second kappa shape index (κ2) is 3.81. The first-order valence-corrected chi connectivity index (χ1v) is 5.06. The van der Waals surface area contributed by atoms with Gasteiger partial charge in [-0.15, -0.1) is 0 Å². The Morgan fingerprint density at radius 3 is 2.60 bits per heavy atom. The lowest BCUT2D eigenvalue weighted by molar-refractivity contribution is -0.660. The van der Waals surface area contributed by atoms with Crippen LogP contribution in [0.5, 0.6) is 0 Å². The lowest BCUT2D eigenvalue weighted by atomic mass is 10.1. The van der Waals surface area contributed by atoms with E-state index >= 15 is 0 Å². The molecule has 0 amide bonds. The van der Waals surface area contributed by atoms with E-state index in [-0.39, 0.29) is 0 Å². The molecule has 0 spiro atoms. The molecule has 0 atom stereocenters. The first kappa shape index (κ1) is 9.84. The summed E-state index contributed by atoms with van der Waals surface area (Å²) in [6.45, 7) is 4.21. The van der Waals surface area contributed by atoms with Crippen LogP contribution in [0.25, 0.3) is 11.3 Å². The molecule has 0 unspecified atom stereocenters. The van der Waals surface area contributed by atoms with Crippen LogP contribution in [0, 0.1) is 13.8 Å². The van der Waals surface area contributed by atoms with Crippen molar-refractivity contribution in [3.63, 3.8) is 0 Å². The summed E-state index contributed by atoms with van der Waals surface area (Å²) in [6, 6.07) is 6.30. The fraction of sp³-hybridized carbons (Fsp3) is 0.231. The van der Waals surface area contributed by atoms with Gasteiger partial charge in [-0.3, -0.25) is 4.98 Å². The highest BCUT2D eigenvalue weighted by atomic mass is 14.9. The van der Waals surface area contributed by atoms with E-state index in [1.807, 2.05) is 18.5 Å². The molecule has 0 bridgehead atoms. The summed E-state index contributed by atoms with van der Waals surface area (Å²) in [6.07, 6.45) is 5.87. The normalized spacial score (nSPS) is 10.3. The second-order valence-corrected chi connectivity index (χ2v) is 3.89. The molecular formula is C13H15N2+. The molecule has 2 aromatic rings. The molecule has 0 saturated carbocycles. The van der Waals surface area contributed by atoms with Gasteiger partial charge in [0.05, 0.1) is 5.56 Å². The van der Waals surface area contributed by atoms with Crippen molar-refractivity contribution in [2.45, 2.75) is 13.8 Å². The van der Waals surface area contributed by atoms with Gasteiger partial charge in [0.15, 0.2) is 6.20 Å². The number of hydrogen-bond donors (Lipinski definition) is 0. The predicted molar refractivity (Wildman–Crippen MR) is 60.3 cm³/mol. The van der Waals surface area contributed by atoms with Crippen molar-refractivity contribution in [1.29, 1.82) is 0 Å². The molecule has 2 nitrogen and oxygen atoms in total. The minimum Gasteiger partial charge on any atom is -0.264 e. The molecule has 0 aliphatic rings. The second-order valence-electron chi connectivity index (χ2n) is 3.89. The maximum Gasteiger partial charge on any atom is 0.214 e. The van der Waals surface area contributed by atoms with Crippen LogP contribution in [0.15, 0.2) is 36.8 Å². The van der Waals surface area contributed by atoms with E-state index in [9.17, 15) is 0 Å². The third-order valence-corrected chi connectivity index (χ3v) is 2.60. The van der Waals surface area contributed by atoms with E-state index in [2.05, 4.69) is 48.8 Å². The zero-order valence-corrected chi connectivity index (χ0v) is 9.36. The van der Waals surface area contributed by atoms with Gasteiger partial charge in [-0.05, 0) is 31.5 Å². The van der Waals surface area contributed by atoms with Crippen molar-refractivity contribution in [2.24, 2.45) is 7.05 Å². The van der Waals surface area contributed by atoms with Gasteiger partial charge >= 0.3 is 0 Å². The Balaban J connectivity index is 2.60. The van der Waals surface area contributed by atoms with E-state index in [1.54, 1.807) is 0 Å². The average Bonchev–Trinajstić information content (AvgIpc) is 2.20. The van der Waals surface area contributed by atoms with E-state index in [4.69, 9.17) is 0 Å². The fourth-order valence-corrected chi connectivity index (χ4v) is 1.76. The molecule has 0 N–H and O–H groups in total. The first-order chi connectivity index (χ1) is 7.18. The van der Waals surface area contributed by atoms with Crippen molar-refractivity contribution < 1.29 is 4.57 Å². The van der Waals surface area contributed by atoms with Crippen molar-refractivity contribution in [3.05, 3.63) is 47.9 Å². The smallest absolute Gasteiger partial charge is 0.214 e. The van der Waals surface area contributed by atoms with Crippen LogP contribution in [-0.2, 0) is 7.05 Å². The zero-order chi connectivity index (χ0) is 10.8. The van der Waals surface area contributed by atoms with Gasteiger partial charge < -0.3 is 0 Å². The summed E-state index contributed by atoms with van der Waals surface area (Å²) in [5.74, 6) is 0. The summed E-state index contributed by atoms with van der Waals surface area (Å²) < 4.78 is 2.14. The Morgan fingerprint density at radius 2 is 1.93 bits per heavy atom. The highest BCUT2D eigenvalue weighted by Crippen LogP contribution is 2.18. The predicted octanol–water partition coefficient (Wildman–Crippen LogP) is 2.19. The monoisotopic (exact) mass is 199 g/mol. The molecule has 0 aliphatic carbocycles. The molecule has 0 aromatic carbocycles. The van der Waals surface area contributed by atoms with Crippen molar-refractivity contribution >= 4 is 0 Å². The number of aryl methyl sites for hydroxylation is 3. The Labute approximate surface area is 90.2 Å². The van der Waals surface area contributed by atoms with Crippen LogP contribution < -0.4 is 4.57 Å². The lowest BCUT2D eigenvalue weighted by Crippen LogP contribution is -2.31. The van der Waals surface area contributed by atoms with E-state index in [1.165, 1.54) is 22.4 Å². The maximum atomic E-state index is 4.17. The number of aromatic nitrogens is 2. The highest BCUT2D eigenvalue weighted by Gasteiger charge is 2.11.